The van der Waals surface area contributed by atoms with Gasteiger partial charge in [-0.05, 0) is 85.6 Å². The van der Waals surface area contributed by atoms with E-state index in [1.807, 2.05) is 0 Å². The molecule has 1 saturated heterocycles. The van der Waals surface area contributed by atoms with Gasteiger partial charge in [0.25, 0.3) is 0 Å². The van der Waals surface area contributed by atoms with Crippen molar-refractivity contribution in [2.24, 2.45) is 0 Å². The van der Waals surface area contributed by atoms with Gasteiger partial charge in [-0.25, -0.2) is 0 Å². The lowest BCUT2D eigenvalue weighted by Crippen LogP contribution is -2.34. The Morgan fingerprint density at radius 2 is 1.89 bits per heavy atom. The first kappa shape index (κ1) is 19.0. The second-order valence-electron chi connectivity index (χ2n) is 7.63. The molecule has 0 radical (unpaired) electrons. The molecular formula is C23H28BrNO2. The molecule has 2 aromatic carbocycles. The highest BCUT2D eigenvalue weighted by atomic mass is 79.9. The quantitative estimate of drug-likeness (QED) is 0.639. The Balaban J connectivity index is 1.29. The number of halogens is 1. The van der Waals surface area contributed by atoms with Crippen LogP contribution in [0, 0.1) is 0 Å². The number of likely N-dealkylation sites (tertiary alicyclic amines) is 1. The lowest BCUT2D eigenvalue weighted by molar-refractivity contribution is 0.0275. The van der Waals surface area contributed by atoms with Crippen molar-refractivity contribution in [2.75, 3.05) is 33.4 Å². The molecule has 27 heavy (non-hydrogen) atoms. The summed E-state index contributed by atoms with van der Waals surface area (Å²) in [5.74, 6) is 1.62. The zero-order valence-corrected chi connectivity index (χ0v) is 17.6. The van der Waals surface area contributed by atoms with Crippen LogP contribution in [0.5, 0.6) is 5.75 Å². The van der Waals surface area contributed by atoms with Gasteiger partial charge in [0.05, 0.1) is 19.8 Å². The van der Waals surface area contributed by atoms with Gasteiger partial charge in [0, 0.05) is 11.0 Å². The third-order valence-corrected chi connectivity index (χ3v) is 6.52. The van der Waals surface area contributed by atoms with Crippen LogP contribution in [0.2, 0.25) is 0 Å². The van der Waals surface area contributed by atoms with Crippen molar-refractivity contribution in [1.82, 2.24) is 4.90 Å². The summed E-state index contributed by atoms with van der Waals surface area (Å²) in [6, 6.07) is 15.2. The largest absolute Gasteiger partial charge is 0.497 e. The number of benzene rings is 2. The van der Waals surface area contributed by atoms with E-state index in [1.165, 1.54) is 47.1 Å². The number of hydrogen-bond acceptors (Lipinski definition) is 3. The Hall–Kier alpha value is -1.36. The number of fused-ring (bicyclic) bond motifs is 1. The van der Waals surface area contributed by atoms with Gasteiger partial charge in [-0.1, -0.05) is 34.1 Å². The summed E-state index contributed by atoms with van der Waals surface area (Å²) in [6.45, 7) is 4.32. The molecule has 2 aliphatic heterocycles. The first-order valence-corrected chi connectivity index (χ1v) is 10.8. The van der Waals surface area contributed by atoms with Crippen LogP contribution >= 0.6 is 15.9 Å². The molecule has 0 unspecified atom stereocenters. The molecule has 0 aliphatic carbocycles. The van der Waals surface area contributed by atoms with Crippen molar-refractivity contribution in [3.05, 3.63) is 63.6 Å². The number of rotatable bonds is 5. The molecule has 0 aromatic heterocycles. The van der Waals surface area contributed by atoms with E-state index in [1.54, 1.807) is 7.11 Å². The Morgan fingerprint density at radius 3 is 2.63 bits per heavy atom. The minimum absolute atomic E-state index is 0.251. The molecular weight excluding hydrogens is 402 g/mol. The van der Waals surface area contributed by atoms with Crippen molar-refractivity contribution in [3.63, 3.8) is 0 Å². The summed E-state index contributed by atoms with van der Waals surface area (Å²) in [4.78, 5) is 2.61. The fourth-order valence-electron chi connectivity index (χ4n) is 4.41. The van der Waals surface area contributed by atoms with E-state index in [-0.39, 0.29) is 6.10 Å². The van der Waals surface area contributed by atoms with Crippen LogP contribution in [0.1, 0.15) is 48.0 Å². The number of piperidine rings is 1. The fraction of sp³-hybridized carbons (Fsp3) is 0.478. The van der Waals surface area contributed by atoms with Crippen LogP contribution in [0.25, 0.3) is 0 Å². The maximum Gasteiger partial charge on any atom is 0.118 e. The van der Waals surface area contributed by atoms with Gasteiger partial charge in [-0.3, -0.25) is 0 Å². The summed E-state index contributed by atoms with van der Waals surface area (Å²) >= 11 is 3.59. The van der Waals surface area contributed by atoms with Crippen LogP contribution in [-0.2, 0) is 11.2 Å². The van der Waals surface area contributed by atoms with Gasteiger partial charge in [0.1, 0.15) is 5.75 Å². The van der Waals surface area contributed by atoms with E-state index in [0.717, 1.165) is 31.7 Å². The molecule has 4 rings (SSSR count). The molecule has 2 aliphatic rings. The van der Waals surface area contributed by atoms with Crippen LogP contribution in [0.15, 0.2) is 46.9 Å². The monoisotopic (exact) mass is 429 g/mol. The average Bonchev–Trinajstić information content (AvgIpc) is 2.72. The van der Waals surface area contributed by atoms with Gasteiger partial charge in [0.15, 0.2) is 0 Å². The highest BCUT2D eigenvalue weighted by Crippen LogP contribution is 2.33. The predicted molar refractivity (Wildman–Crippen MR) is 113 cm³/mol. The van der Waals surface area contributed by atoms with Crippen LogP contribution in [0.3, 0.4) is 0 Å². The van der Waals surface area contributed by atoms with Crippen molar-refractivity contribution >= 4 is 15.9 Å². The summed E-state index contributed by atoms with van der Waals surface area (Å²) in [6.07, 6.45) is 4.84. The minimum Gasteiger partial charge on any atom is -0.497 e. The highest BCUT2D eigenvalue weighted by molar-refractivity contribution is 9.10. The molecule has 0 amide bonds. The van der Waals surface area contributed by atoms with Crippen LogP contribution in [-0.4, -0.2) is 38.3 Å². The number of methoxy groups -OCH3 is 1. The summed E-state index contributed by atoms with van der Waals surface area (Å²) in [7, 11) is 1.72. The highest BCUT2D eigenvalue weighted by Gasteiger charge is 2.24. The van der Waals surface area contributed by atoms with Gasteiger partial charge < -0.3 is 14.4 Å². The molecule has 4 heteroatoms. The second kappa shape index (κ2) is 8.76. The molecule has 0 N–H and O–H groups in total. The van der Waals surface area contributed by atoms with Crippen LogP contribution < -0.4 is 4.74 Å². The molecule has 2 aromatic rings. The van der Waals surface area contributed by atoms with Gasteiger partial charge in [-0.2, -0.15) is 0 Å². The van der Waals surface area contributed by atoms with Crippen molar-refractivity contribution < 1.29 is 9.47 Å². The number of nitrogens with zero attached hydrogens (tertiary/aromatic N) is 1. The number of ether oxygens (including phenoxy) is 2. The van der Waals surface area contributed by atoms with Crippen molar-refractivity contribution in [3.8, 4) is 5.75 Å². The maximum atomic E-state index is 6.09. The van der Waals surface area contributed by atoms with E-state index in [2.05, 4.69) is 63.3 Å². The molecule has 0 spiro atoms. The molecule has 144 valence electrons. The van der Waals surface area contributed by atoms with Gasteiger partial charge in [0.2, 0.25) is 0 Å². The zero-order chi connectivity index (χ0) is 18.6. The third kappa shape index (κ3) is 4.56. The van der Waals surface area contributed by atoms with E-state index in [0.29, 0.717) is 5.92 Å². The average molecular weight is 430 g/mol. The normalized spacial score (nSPS) is 21.0. The topological polar surface area (TPSA) is 21.7 Å². The molecule has 1 atom stereocenters. The lowest BCUT2D eigenvalue weighted by atomic mass is 9.89. The predicted octanol–water partition coefficient (Wildman–Crippen LogP) is 5.34. The standard InChI is InChI=1S/C23H28BrNO2/c1-26-21-5-2-17(3-6-21)18-8-12-25(13-9-18)14-10-23-22-7-4-20(24)16-19(22)11-15-27-23/h2-7,16,18,23H,8-15H2,1H3/t23-/m0/s1. The SMILES string of the molecule is COc1ccc(C2CCN(CC[C@@H]3OCCc4cc(Br)ccc43)CC2)cc1. The van der Waals surface area contributed by atoms with Crippen molar-refractivity contribution in [1.29, 1.82) is 0 Å². The molecule has 2 heterocycles. The molecule has 0 bridgehead atoms. The summed E-state index contributed by atoms with van der Waals surface area (Å²) in [5, 5.41) is 0. The Labute approximate surface area is 170 Å². The molecule has 1 fully saturated rings. The van der Waals surface area contributed by atoms with Crippen LogP contribution in [0.4, 0.5) is 0 Å². The molecule has 3 nitrogen and oxygen atoms in total. The minimum atomic E-state index is 0.251. The van der Waals surface area contributed by atoms with Gasteiger partial charge >= 0.3 is 0 Å². The summed E-state index contributed by atoms with van der Waals surface area (Å²) < 4.78 is 12.5. The van der Waals surface area contributed by atoms with E-state index >= 15 is 0 Å². The Morgan fingerprint density at radius 1 is 1.11 bits per heavy atom. The molecule has 0 saturated carbocycles. The maximum absolute atomic E-state index is 6.09. The summed E-state index contributed by atoms with van der Waals surface area (Å²) in [5.41, 5.74) is 4.28. The first-order valence-electron chi connectivity index (χ1n) is 9.99. The Kier molecular flexibility index (Phi) is 6.16. The van der Waals surface area contributed by atoms with E-state index in [9.17, 15) is 0 Å². The Bertz CT molecular complexity index is 753. The smallest absolute Gasteiger partial charge is 0.118 e. The number of hydrogen-bond donors (Lipinski definition) is 0. The second-order valence-corrected chi connectivity index (χ2v) is 8.55. The van der Waals surface area contributed by atoms with Gasteiger partial charge in [-0.15, -0.1) is 0 Å². The first-order chi connectivity index (χ1) is 13.2. The van der Waals surface area contributed by atoms with Crippen molar-refractivity contribution in [2.45, 2.75) is 37.7 Å². The third-order valence-electron chi connectivity index (χ3n) is 6.02. The van der Waals surface area contributed by atoms with E-state index < -0.39 is 0 Å². The zero-order valence-electron chi connectivity index (χ0n) is 16.0. The fourth-order valence-corrected chi connectivity index (χ4v) is 4.82. The van der Waals surface area contributed by atoms with E-state index in [4.69, 9.17) is 9.47 Å². The lowest BCUT2D eigenvalue weighted by Gasteiger charge is -2.34.